The third-order valence-corrected chi connectivity index (χ3v) is 1.33. The van der Waals surface area contributed by atoms with Crippen molar-refractivity contribution in [2.75, 3.05) is 0 Å². The van der Waals surface area contributed by atoms with Gasteiger partial charge in [0.2, 0.25) is 0 Å². The Morgan fingerprint density at radius 2 is 2.67 bits per heavy atom. The normalized spacial score (nSPS) is 25.4. The molecule has 0 aliphatic carbocycles. The number of aldehydes is 1. The second-order valence-corrected chi connectivity index (χ2v) is 2.16. The molecule has 0 N–H and O–H groups in total. The summed E-state index contributed by atoms with van der Waals surface area (Å²) in [6.07, 6.45) is 5.41. The molecule has 48 valence electrons. The van der Waals surface area contributed by atoms with Gasteiger partial charge in [0.25, 0.3) is 0 Å². The Kier molecular flexibility index (Phi) is 1.78. The van der Waals surface area contributed by atoms with Crippen LogP contribution in [0.15, 0.2) is 16.8 Å². The molecule has 0 saturated heterocycles. The summed E-state index contributed by atoms with van der Waals surface area (Å²) in [6, 6.07) is 0. The summed E-state index contributed by atoms with van der Waals surface area (Å²) < 4.78 is 0. The first-order chi connectivity index (χ1) is 4.33. The molecule has 0 spiro atoms. The lowest BCUT2D eigenvalue weighted by molar-refractivity contribution is -0.109. The maximum atomic E-state index is 10.1. The van der Waals surface area contributed by atoms with Gasteiger partial charge < -0.3 is 4.79 Å². The van der Waals surface area contributed by atoms with Gasteiger partial charge in [0.05, 0.1) is 5.92 Å². The van der Waals surface area contributed by atoms with Crippen LogP contribution in [0.1, 0.15) is 13.3 Å². The monoisotopic (exact) mass is 123 g/mol. The van der Waals surface area contributed by atoms with Gasteiger partial charge in [-0.05, 0) is 13.3 Å². The maximum absolute atomic E-state index is 10.1. The second kappa shape index (κ2) is 2.58. The van der Waals surface area contributed by atoms with Crippen LogP contribution < -0.4 is 0 Å². The number of carbonyl (C=O) groups is 1. The number of hydrogen-bond acceptors (Lipinski definition) is 2. The van der Waals surface area contributed by atoms with Crippen LogP contribution in [-0.2, 0) is 4.79 Å². The Bertz CT molecular complexity index is 170. The minimum atomic E-state index is 0.0219. The highest BCUT2D eigenvalue weighted by molar-refractivity contribution is 5.82. The predicted molar refractivity (Wildman–Crippen MR) is 36.4 cm³/mol. The third kappa shape index (κ3) is 1.49. The molecule has 0 aromatic rings. The van der Waals surface area contributed by atoms with E-state index in [1.807, 2.05) is 13.0 Å². The summed E-state index contributed by atoms with van der Waals surface area (Å²) in [4.78, 5) is 14.1. The summed E-state index contributed by atoms with van der Waals surface area (Å²) >= 11 is 0. The van der Waals surface area contributed by atoms with Crippen molar-refractivity contribution in [2.45, 2.75) is 13.3 Å². The van der Waals surface area contributed by atoms with Gasteiger partial charge in [-0.25, -0.2) is 0 Å². The van der Waals surface area contributed by atoms with Crippen LogP contribution in [-0.4, -0.2) is 12.5 Å². The molecule has 0 aromatic heterocycles. The van der Waals surface area contributed by atoms with Gasteiger partial charge in [0.1, 0.15) is 6.29 Å². The fourth-order valence-electron chi connectivity index (χ4n) is 0.724. The third-order valence-electron chi connectivity index (χ3n) is 1.33. The molecular weight excluding hydrogens is 114 g/mol. The first-order valence-electron chi connectivity index (χ1n) is 2.99. The van der Waals surface area contributed by atoms with Gasteiger partial charge in [-0.1, -0.05) is 6.08 Å². The molecule has 1 rings (SSSR count). The van der Waals surface area contributed by atoms with Crippen LogP contribution in [0.25, 0.3) is 0 Å². The van der Waals surface area contributed by atoms with Gasteiger partial charge in [0.15, 0.2) is 0 Å². The Morgan fingerprint density at radius 1 is 1.89 bits per heavy atom. The lowest BCUT2D eigenvalue weighted by Gasteiger charge is -2.04. The second-order valence-electron chi connectivity index (χ2n) is 2.16. The van der Waals surface area contributed by atoms with E-state index in [1.54, 1.807) is 6.21 Å². The highest BCUT2D eigenvalue weighted by Gasteiger charge is 2.04. The SMILES string of the molecule is CC1=CCC(C=O)C=N1. The first kappa shape index (κ1) is 6.20. The van der Waals surface area contributed by atoms with Crippen LogP contribution in [0, 0.1) is 5.92 Å². The zero-order chi connectivity index (χ0) is 6.69. The lowest BCUT2D eigenvalue weighted by Crippen LogP contribution is -2.05. The molecule has 9 heavy (non-hydrogen) atoms. The summed E-state index contributed by atoms with van der Waals surface area (Å²) in [7, 11) is 0. The summed E-state index contributed by atoms with van der Waals surface area (Å²) in [6.45, 7) is 1.93. The minimum Gasteiger partial charge on any atom is -0.303 e. The van der Waals surface area contributed by atoms with Gasteiger partial charge >= 0.3 is 0 Å². The largest absolute Gasteiger partial charge is 0.303 e. The molecule has 2 heteroatoms. The van der Waals surface area contributed by atoms with E-state index in [2.05, 4.69) is 4.99 Å². The zero-order valence-corrected chi connectivity index (χ0v) is 5.37. The van der Waals surface area contributed by atoms with Gasteiger partial charge in [0, 0.05) is 11.9 Å². The maximum Gasteiger partial charge on any atom is 0.128 e. The Morgan fingerprint density at radius 3 is 3.11 bits per heavy atom. The van der Waals surface area contributed by atoms with Crippen molar-refractivity contribution in [3.05, 3.63) is 11.8 Å². The predicted octanol–water partition coefficient (Wildman–Crippen LogP) is 1.18. The average Bonchev–Trinajstić information content (AvgIpc) is 1.90. The van der Waals surface area contributed by atoms with Crippen molar-refractivity contribution in [2.24, 2.45) is 10.9 Å². The molecule has 2 nitrogen and oxygen atoms in total. The summed E-state index contributed by atoms with van der Waals surface area (Å²) in [5.74, 6) is 0.0219. The van der Waals surface area contributed by atoms with Crippen molar-refractivity contribution in [3.8, 4) is 0 Å². The molecule has 1 atom stereocenters. The lowest BCUT2D eigenvalue weighted by atomic mass is 10.1. The molecule has 0 bridgehead atoms. The molecule has 0 saturated carbocycles. The summed E-state index contributed by atoms with van der Waals surface area (Å²) in [5, 5.41) is 0. The Hall–Kier alpha value is -0.920. The van der Waals surface area contributed by atoms with Gasteiger partial charge in [-0.3, -0.25) is 4.99 Å². The highest BCUT2D eigenvalue weighted by Crippen LogP contribution is 2.08. The van der Waals surface area contributed by atoms with Crippen LogP contribution in [0.2, 0.25) is 0 Å². The zero-order valence-electron chi connectivity index (χ0n) is 5.37. The molecule has 1 aliphatic rings. The van der Waals surface area contributed by atoms with E-state index in [9.17, 15) is 4.79 Å². The van der Waals surface area contributed by atoms with E-state index in [0.717, 1.165) is 18.4 Å². The fraction of sp³-hybridized carbons (Fsp3) is 0.429. The average molecular weight is 123 g/mol. The van der Waals surface area contributed by atoms with E-state index in [-0.39, 0.29) is 5.92 Å². The quantitative estimate of drug-likeness (QED) is 0.481. The Balaban J connectivity index is 2.58. The van der Waals surface area contributed by atoms with Crippen LogP contribution in [0.4, 0.5) is 0 Å². The van der Waals surface area contributed by atoms with Crippen LogP contribution in [0.3, 0.4) is 0 Å². The molecule has 0 fully saturated rings. The van der Waals surface area contributed by atoms with E-state index in [4.69, 9.17) is 0 Å². The summed E-state index contributed by atoms with van der Waals surface area (Å²) in [5.41, 5.74) is 1.01. The smallest absolute Gasteiger partial charge is 0.128 e. The first-order valence-corrected chi connectivity index (χ1v) is 2.99. The van der Waals surface area contributed by atoms with Crippen molar-refractivity contribution in [1.29, 1.82) is 0 Å². The van der Waals surface area contributed by atoms with E-state index in [1.165, 1.54) is 0 Å². The topological polar surface area (TPSA) is 29.4 Å². The highest BCUT2D eigenvalue weighted by atomic mass is 16.1. The van der Waals surface area contributed by atoms with Crippen LogP contribution >= 0.6 is 0 Å². The van der Waals surface area contributed by atoms with Crippen molar-refractivity contribution < 1.29 is 4.79 Å². The van der Waals surface area contributed by atoms with E-state index >= 15 is 0 Å². The number of carbonyl (C=O) groups excluding carboxylic acids is 1. The fourth-order valence-corrected chi connectivity index (χ4v) is 0.724. The number of allylic oxidation sites excluding steroid dienone is 2. The Labute approximate surface area is 54.3 Å². The molecule has 1 unspecified atom stereocenters. The van der Waals surface area contributed by atoms with E-state index < -0.39 is 0 Å². The van der Waals surface area contributed by atoms with Gasteiger partial charge in [-0.2, -0.15) is 0 Å². The molecule has 1 aliphatic heterocycles. The van der Waals surface area contributed by atoms with E-state index in [0.29, 0.717) is 0 Å². The molecule has 0 aromatic carbocycles. The standard InChI is InChI=1S/C7H9NO/c1-6-2-3-7(5-9)4-8-6/h2,4-5,7H,3H2,1H3. The minimum absolute atomic E-state index is 0.0219. The van der Waals surface area contributed by atoms with Gasteiger partial charge in [-0.15, -0.1) is 0 Å². The van der Waals surface area contributed by atoms with Crippen molar-refractivity contribution in [3.63, 3.8) is 0 Å². The number of hydrogen-bond donors (Lipinski definition) is 0. The molecule has 1 heterocycles. The van der Waals surface area contributed by atoms with Crippen molar-refractivity contribution >= 4 is 12.5 Å². The number of aliphatic imine (C=N–C) groups is 1. The van der Waals surface area contributed by atoms with Crippen molar-refractivity contribution in [1.82, 2.24) is 0 Å². The molecule has 0 amide bonds. The number of rotatable bonds is 1. The molecular formula is C7H9NO. The van der Waals surface area contributed by atoms with Crippen LogP contribution in [0.5, 0.6) is 0 Å². The molecule has 0 radical (unpaired) electrons. The number of nitrogens with zero attached hydrogens (tertiary/aromatic N) is 1.